The Morgan fingerprint density at radius 3 is 2.49 bits per heavy atom. The number of imidazole rings is 1. The van der Waals surface area contributed by atoms with E-state index < -0.39 is 6.03 Å². The number of nitrogens with zero attached hydrogens (tertiary/aromatic N) is 5. The summed E-state index contributed by atoms with van der Waals surface area (Å²) in [4.78, 5) is 27.6. The largest absolute Gasteiger partial charge is 0.379 e. The van der Waals surface area contributed by atoms with Crippen LogP contribution in [0.5, 0.6) is 0 Å². The van der Waals surface area contributed by atoms with Crippen molar-refractivity contribution in [2.75, 3.05) is 50.0 Å². The molecular formula is C28H41N9O2. The number of nitrogens with one attached hydrogen (secondary N) is 3. The number of rotatable bonds is 13. The number of aromatic nitrogens is 4. The fraction of sp³-hybridized carbons (Fsp3) is 0.571. The third kappa shape index (κ3) is 7.57. The van der Waals surface area contributed by atoms with Gasteiger partial charge in [-0.25, -0.2) is 9.78 Å². The third-order valence-electron chi connectivity index (χ3n) is 7.55. The molecule has 210 valence electrons. The first-order valence-corrected chi connectivity index (χ1v) is 14.3. The van der Waals surface area contributed by atoms with Gasteiger partial charge >= 0.3 is 6.03 Å². The second-order valence-corrected chi connectivity index (χ2v) is 10.5. The van der Waals surface area contributed by atoms with Gasteiger partial charge in [0.25, 0.3) is 0 Å². The van der Waals surface area contributed by atoms with Gasteiger partial charge in [0, 0.05) is 44.5 Å². The molecule has 0 bridgehead atoms. The molecule has 1 saturated carbocycles. The summed E-state index contributed by atoms with van der Waals surface area (Å²) in [6.45, 7) is 5.90. The number of carbonyl (C=O) groups excluding carboxylic acids is 1. The van der Waals surface area contributed by atoms with Crippen LogP contribution in [0.4, 0.5) is 22.2 Å². The van der Waals surface area contributed by atoms with Gasteiger partial charge in [-0.15, -0.1) is 0 Å². The van der Waals surface area contributed by atoms with Gasteiger partial charge in [-0.2, -0.15) is 9.97 Å². The van der Waals surface area contributed by atoms with Crippen molar-refractivity contribution in [3.05, 3.63) is 36.2 Å². The van der Waals surface area contributed by atoms with Crippen LogP contribution in [0.3, 0.4) is 0 Å². The van der Waals surface area contributed by atoms with Crippen molar-refractivity contribution in [1.82, 2.24) is 29.7 Å². The Hall–Kier alpha value is -3.44. The molecule has 1 saturated heterocycles. The minimum atomic E-state index is -0.464. The molecule has 1 aromatic carbocycles. The van der Waals surface area contributed by atoms with Gasteiger partial charge < -0.3 is 31.0 Å². The average molecular weight is 536 g/mol. The zero-order chi connectivity index (χ0) is 26.9. The minimum absolute atomic E-state index is 0.444. The molecule has 2 aliphatic rings. The average Bonchev–Trinajstić information content (AvgIpc) is 3.62. The van der Waals surface area contributed by atoms with E-state index in [9.17, 15) is 4.79 Å². The Morgan fingerprint density at radius 1 is 1.00 bits per heavy atom. The highest BCUT2D eigenvalue weighted by atomic mass is 16.5. The lowest BCUT2D eigenvalue weighted by atomic mass is 10.2. The second kappa shape index (κ2) is 13.6. The van der Waals surface area contributed by atoms with Gasteiger partial charge in [0.2, 0.25) is 5.95 Å². The molecule has 5 N–H and O–H groups in total. The van der Waals surface area contributed by atoms with Gasteiger partial charge in [-0.1, -0.05) is 37.8 Å². The van der Waals surface area contributed by atoms with Gasteiger partial charge in [-0.3, -0.25) is 4.90 Å². The molecule has 3 aromatic rings. The van der Waals surface area contributed by atoms with Crippen molar-refractivity contribution in [2.24, 2.45) is 5.73 Å². The van der Waals surface area contributed by atoms with Gasteiger partial charge in [0.15, 0.2) is 17.0 Å². The first-order chi connectivity index (χ1) is 19.2. The first kappa shape index (κ1) is 27.1. The standard InChI is InChI=1S/C28H41N9O2/c29-27(38)30-13-5-1-2-6-14-31-28-34-25(24-26(35-28)37(20-32-24)23-7-3-4-8-23)33-22-11-9-21(10-12-22)19-36-15-17-39-18-16-36/h9-12,20,23H,1-8,13-19H2,(H3,29,30,38)(H2,31,33,34,35). The molecule has 2 amide bonds. The van der Waals surface area contributed by atoms with Crippen LogP contribution in [0.1, 0.15) is 63.0 Å². The third-order valence-corrected chi connectivity index (χ3v) is 7.55. The van der Waals surface area contributed by atoms with Crippen LogP contribution >= 0.6 is 0 Å². The van der Waals surface area contributed by atoms with Gasteiger partial charge in [0.05, 0.1) is 19.5 Å². The Kier molecular flexibility index (Phi) is 9.44. The fourth-order valence-electron chi connectivity index (χ4n) is 5.40. The van der Waals surface area contributed by atoms with E-state index in [0.29, 0.717) is 18.5 Å². The molecule has 2 aromatic heterocycles. The number of unbranched alkanes of at least 4 members (excludes halogenated alkanes) is 3. The molecule has 1 aliphatic heterocycles. The van der Waals surface area contributed by atoms with Gasteiger partial charge in [-0.05, 0) is 43.4 Å². The molecule has 39 heavy (non-hydrogen) atoms. The highest BCUT2D eigenvalue weighted by Crippen LogP contribution is 2.33. The van der Waals surface area contributed by atoms with Crippen molar-refractivity contribution >= 4 is 34.6 Å². The monoisotopic (exact) mass is 535 g/mol. The van der Waals surface area contributed by atoms with Crippen LogP contribution in [-0.2, 0) is 11.3 Å². The van der Waals surface area contributed by atoms with E-state index in [1.165, 1.54) is 18.4 Å². The Morgan fingerprint density at radius 2 is 1.74 bits per heavy atom. The predicted octanol–water partition coefficient (Wildman–Crippen LogP) is 4.16. The van der Waals surface area contributed by atoms with E-state index in [1.54, 1.807) is 0 Å². The van der Waals surface area contributed by atoms with Crippen LogP contribution in [0.25, 0.3) is 11.2 Å². The lowest BCUT2D eigenvalue weighted by Gasteiger charge is -2.26. The van der Waals surface area contributed by atoms with E-state index in [-0.39, 0.29) is 0 Å². The quantitative estimate of drug-likeness (QED) is 0.240. The number of primary amides is 1. The number of nitrogens with two attached hydrogens (primary N) is 1. The number of morpholine rings is 1. The van der Waals surface area contributed by atoms with Crippen LogP contribution in [-0.4, -0.2) is 69.8 Å². The summed E-state index contributed by atoms with van der Waals surface area (Å²) in [6, 6.07) is 8.54. The van der Waals surface area contributed by atoms with E-state index in [1.807, 2.05) is 6.33 Å². The number of hydrogen-bond acceptors (Lipinski definition) is 8. The molecule has 0 spiro atoms. The zero-order valence-corrected chi connectivity index (χ0v) is 22.7. The highest BCUT2D eigenvalue weighted by Gasteiger charge is 2.22. The Labute approximate surface area is 229 Å². The van der Waals surface area contributed by atoms with E-state index in [2.05, 4.69) is 49.7 Å². The number of ether oxygens (including phenoxy) is 1. The van der Waals surface area contributed by atoms with Crippen LogP contribution in [0, 0.1) is 0 Å². The van der Waals surface area contributed by atoms with E-state index in [0.717, 1.165) is 101 Å². The minimum Gasteiger partial charge on any atom is -0.379 e. The lowest BCUT2D eigenvalue weighted by molar-refractivity contribution is 0.0342. The number of hydrogen-bond donors (Lipinski definition) is 4. The zero-order valence-electron chi connectivity index (χ0n) is 22.7. The van der Waals surface area contributed by atoms with Crippen molar-refractivity contribution < 1.29 is 9.53 Å². The topological polar surface area (TPSA) is 135 Å². The number of fused-ring (bicyclic) bond motifs is 1. The molecule has 11 nitrogen and oxygen atoms in total. The second-order valence-electron chi connectivity index (χ2n) is 10.5. The van der Waals surface area contributed by atoms with Crippen molar-refractivity contribution in [3.63, 3.8) is 0 Å². The summed E-state index contributed by atoms with van der Waals surface area (Å²) in [5, 5.41) is 9.57. The molecule has 0 radical (unpaired) electrons. The summed E-state index contributed by atoms with van der Waals surface area (Å²) in [6.07, 6.45) is 10.7. The molecule has 3 heterocycles. The molecule has 11 heteroatoms. The maximum Gasteiger partial charge on any atom is 0.312 e. The van der Waals surface area contributed by atoms with Crippen molar-refractivity contribution in [1.29, 1.82) is 0 Å². The van der Waals surface area contributed by atoms with E-state index in [4.69, 9.17) is 25.4 Å². The molecule has 0 atom stereocenters. The summed E-state index contributed by atoms with van der Waals surface area (Å²) >= 11 is 0. The molecule has 0 unspecified atom stereocenters. The Bertz CT molecular complexity index is 1200. The number of urea groups is 1. The lowest BCUT2D eigenvalue weighted by Crippen LogP contribution is -2.35. The van der Waals surface area contributed by atoms with Crippen molar-refractivity contribution in [2.45, 2.75) is 64.0 Å². The molecule has 2 fully saturated rings. The van der Waals surface area contributed by atoms with Crippen LogP contribution in [0.15, 0.2) is 30.6 Å². The number of carbonyl (C=O) groups is 1. The number of anilines is 3. The van der Waals surface area contributed by atoms with Crippen molar-refractivity contribution in [3.8, 4) is 0 Å². The maximum atomic E-state index is 10.8. The summed E-state index contributed by atoms with van der Waals surface area (Å²) in [5.74, 6) is 1.33. The summed E-state index contributed by atoms with van der Waals surface area (Å²) in [7, 11) is 0. The Balaban J connectivity index is 1.25. The van der Waals surface area contributed by atoms with Gasteiger partial charge in [0.1, 0.15) is 0 Å². The summed E-state index contributed by atoms with van der Waals surface area (Å²) < 4.78 is 7.70. The SMILES string of the molecule is NC(=O)NCCCCCCNc1nc(Nc2ccc(CN3CCOCC3)cc2)c2ncn(C3CCCC3)c2n1. The summed E-state index contributed by atoms with van der Waals surface area (Å²) in [5.41, 5.74) is 9.05. The normalized spacial score (nSPS) is 16.5. The fourth-order valence-corrected chi connectivity index (χ4v) is 5.40. The number of benzene rings is 1. The molecule has 1 aliphatic carbocycles. The smallest absolute Gasteiger partial charge is 0.312 e. The first-order valence-electron chi connectivity index (χ1n) is 14.3. The van der Waals surface area contributed by atoms with E-state index >= 15 is 0 Å². The molecule has 5 rings (SSSR count). The van der Waals surface area contributed by atoms with Crippen LogP contribution in [0.2, 0.25) is 0 Å². The predicted molar refractivity (Wildman–Crippen MR) is 153 cm³/mol. The maximum absolute atomic E-state index is 10.8. The number of amides is 2. The molecular weight excluding hydrogens is 494 g/mol. The highest BCUT2D eigenvalue weighted by molar-refractivity contribution is 5.86. The van der Waals surface area contributed by atoms with Crippen LogP contribution < -0.4 is 21.7 Å².